The molecule has 0 aliphatic heterocycles. The summed E-state index contributed by atoms with van der Waals surface area (Å²) < 4.78 is 0. The highest BCUT2D eigenvalue weighted by molar-refractivity contribution is 5.74. The van der Waals surface area contributed by atoms with E-state index in [2.05, 4.69) is 36.4 Å². The van der Waals surface area contributed by atoms with Gasteiger partial charge in [0.1, 0.15) is 0 Å². The smallest absolute Gasteiger partial charge is 0.315 e. The van der Waals surface area contributed by atoms with Crippen molar-refractivity contribution in [3.8, 4) is 0 Å². The Kier molecular flexibility index (Phi) is 5.59. The van der Waals surface area contributed by atoms with Crippen LogP contribution in [0.25, 0.3) is 0 Å². The predicted molar refractivity (Wildman–Crippen MR) is 84.7 cm³/mol. The lowest BCUT2D eigenvalue weighted by atomic mass is 9.74. The second-order valence-electron chi connectivity index (χ2n) is 6.62. The number of urea groups is 1. The van der Waals surface area contributed by atoms with Crippen LogP contribution in [-0.2, 0) is 6.54 Å². The normalized spacial score (nSPS) is 25.6. The molecule has 1 aromatic heterocycles. The molecule has 1 aliphatic carbocycles. The van der Waals surface area contributed by atoms with Crippen molar-refractivity contribution in [2.24, 2.45) is 17.8 Å². The average Bonchev–Trinajstić information content (AvgIpc) is 2.46. The van der Waals surface area contributed by atoms with E-state index in [0.29, 0.717) is 30.3 Å². The van der Waals surface area contributed by atoms with Crippen molar-refractivity contribution >= 4 is 6.03 Å². The van der Waals surface area contributed by atoms with Crippen LogP contribution in [0, 0.1) is 17.8 Å². The molecule has 0 unspecified atom stereocenters. The van der Waals surface area contributed by atoms with Crippen LogP contribution in [0.2, 0.25) is 0 Å². The first-order chi connectivity index (χ1) is 10.1. The van der Waals surface area contributed by atoms with Crippen LogP contribution in [0.4, 0.5) is 4.79 Å². The molecule has 4 heteroatoms. The van der Waals surface area contributed by atoms with Gasteiger partial charge in [-0.15, -0.1) is 0 Å². The molecule has 0 radical (unpaired) electrons. The second-order valence-corrected chi connectivity index (χ2v) is 6.62. The molecule has 4 nitrogen and oxygen atoms in total. The van der Waals surface area contributed by atoms with E-state index in [9.17, 15) is 4.79 Å². The maximum absolute atomic E-state index is 12.1. The zero-order valence-electron chi connectivity index (χ0n) is 13.3. The minimum atomic E-state index is -0.0661. The van der Waals surface area contributed by atoms with Gasteiger partial charge in [0.05, 0.1) is 0 Å². The van der Waals surface area contributed by atoms with E-state index in [0.717, 1.165) is 12.0 Å². The number of pyridine rings is 1. The molecule has 3 atom stereocenters. The summed E-state index contributed by atoms with van der Waals surface area (Å²) in [5.41, 5.74) is 1.02. The third kappa shape index (κ3) is 4.73. The summed E-state index contributed by atoms with van der Waals surface area (Å²) in [6, 6.07) is 4.07. The van der Waals surface area contributed by atoms with Gasteiger partial charge in [-0.25, -0.2) is 4.79 Å². The molecule has 1 heterocycles. The molecular weight excluding hydrogens is 262 g/mol. The fraction of sp³-hybridized carbons (Fsp3) is 0.647. The lowest BCUT2D eigenvalue weighted by Gasteiger charge is -2.37. The Balaban J connectivity index is 1.85. The van der Waals surface area contributed by atoms with Crippen molar-refractivity contribution in [1.29, 1.82) is 0 Å². The quantitative estimate of drug-likeness (QED) is 0.893. The van der Waals surface area contributed by atoms with Gasteiger partial charge < -0.3 is 10.6 Å². The second kappa shape index (κ2) is 7.43. The number of nitrogens with one attached hydrogen (secondary N) is 2. The van der Waals surface area contributed by atoms with Gasteiger partial charge in [-0.1, -0.05) is 33.3 Å². The summed E-state index contributed by atoms with van der Waals surface area (Å²) in [7, 11) is 0. The third-order valence-corrected chi connectivity index (χ3v) is 4.51. The van der Waals surface area contributed by atoms with Gasteiger partial charge in [0, 0.05) is 25.0 Å². The standard InChI is InChI=1S/C17H27N3O/c1-12(2)15-7-6-13(3)9-16(15)20-17(21)19-11-14-5-4-8-18-10-14/h4-5,8,10,12-13,15-16H,6-7,9,11H2,1-3H3,(H2,19,20,21)/t13-,15-,16-/m0/s1. The first kappa shape index (κ1) is 15.8. The van der Waals surface area contributed by atoms with Crippen LogP contribution >= 0.6 is 0 Å². The molecule has 1 fully saturated rings. The third-order valence-electron chi connectivity index (χ3n) is 4.51. The molecule has 1 aromatic rings. The Morgan fingerprint density at radius 3 is 2.90 bits per heavy atom. The number of aromatic nitrogens is 1. The molecule has 0 saturated heterocycles. The summed E-state index contributed by atoms with van der Waals surface area (Å²) in [4.78, 5) is 16.2. The van der Waals surface area contributed by atoms with Gasteiger partial charge in [0.2, 0.25) is 0 Å². The van der Waals surface area contributed by atoms with Gasteiger partial charge in [0.25, 0.3) is 0 Å². The Morgan fingerprint density at radius 1 is 1.43 bits per heavy atom. The lowest BCUT2D eigenvalue weighted by molar-refractivity contribution is 0.168. The fourth-order valence-corrected chi connectivity index (χ4v) is 3.27. The van der Waals surface area contributed by atoms with Crippen LogP contribution < -0.4 is 10.6 Å². The van der Waals surface area contributed by atoms with Gasteiger partial charge in [-0.3, -0.25) is 4.98 Å². The van der Waals surface area contributed by atoms with E-state index < -0.39 is 0 Å². The number of carbonyl (C=O) groups excluding carboxylic acids is 1. The topological polar surface area (TPSA) is 54.0 Å². The molecule has 1 aliphatic rings. The van der Waals surface area contributed by atoms with Crippen molar-refractivity contribution < 1.29 is 4.79 Å². The van der Waals surface area contributed by atoms with Crippen LogP contribution in [0.1, 0.15) is 45.6 Å². The van der Waals surface area contributed by atoms with E-state index >= 15 is 0 Å². The van der Waals surface area contributed by atoms with Crippen LogP contribution in [-0.4, -0.2) is 17.1 Å². The Hall–Kier alpha value is -1.58. The highest BCUT2D eigenvalue weighted by atomic mass is 16.2. The van der Waals surface area contributed by atoms with Gasteiger partial charge in [0.15, 0.2) is 0 Å². The summed E-state index contributed by atoms with van der Waals surface area (Å²) in [5.74, 6) is 1.90. The first-order valence-corrected chi connectivity index (χ1v) is 7.99. The first-order valence-electron chi connectivity index (χ1n) is 7.99. The lowest BCUT2D eigenvalue weighted by Crippen LogP contribution is -2.49. The van der Waals surface area contributed by atoms with E-state index in [-0.39, 0.29) is 6.03 Å². The minimum absolute atomic E-state index is 0.0661. The predicted octanol–water partition coefficient (Wildman–Crippen LogP) is 3.34. The number of amides is 2. The Morgan fingerprint density at radius 2 is 2.24 bits per heavy atom. The highest BCUT2D eigenvalue weighted by Gasteiger charge is 2.31. The zero-order chi connectivity index (χ0) is 15.2. The van der Waals surface area contributed by atoms with Gasteiger partial charge >= 0.3 is 6.03 Å². The van der Waals surface area contributed by atoms with Crippen molar-refractivity contribution in [3.63, 3.8) is 0 Å². The van der Waals surface area contributed by atoms with E-state index in [4.69, 9.17) is 0 Å². The average molecular weight is 289 g/mol. The van der Waals surface area contributed by atoms with Gasteiger partial charge in [-0.2, -0.15) is 0 Å². The largest absolute Gasteiger partial charge is 0.335 e. The molecule has 0 aromatic carbocycles. The number of nitrogens with zero attached hydrogens (tertiary/aromatic N) is 1. The summed E-state index contributed by atoms with van der Waals surface area (Å²) in [6.45, 7) is 7.30. The number of hydrogen-bond acceptors (Lipinski definition) is 2. The molecule has 116 valence electrons. The Labute approximate surface area is 127 Å². The molecule has 2 amide bonds. The molecule has 2 rings (SSSR count). The van der Waals surface area contributed by atoms with Crippen molar-refractivity contribution in [2.45, 2.75) is 52.6 Å². The fourth-order valence-electron chi connectivity index (χ4n) is 3.27. The van der Waals surface area contributed by atoms with Crippen molar-refractivity contribution in [1.82, 2.24) is 15.6 Å². The monoisotopic (exact) mass is 289 g/mol. The summed E-state index contributed by atoms with van der Waals surface area (Å²) >= 11 is 0. The number of hydrogen-bond donors (Lipinski definition) is 2. The maximum Gasteiger partial charge on any atom is 0.315 e. The van der Waals surface area contributed by atoms with Crippen LogP contribution in [0.5, 0.6) is 0 Å². The van der Waals surface area contributed by atoms with Crippen LogP contribution in [0.3, 0.4) is 0 Å². The molecule has 21 heavy (non-hydrogen) atoms. The zero-order valence-corrected chi connectivity index (χ0v) is 13.3. The van der Waals surface area contributed by atoms with E-state index in [1.807, 2.05) is 12.1 Å². The molecule has 1 saturated carbocycles. The highest BCUT2D eigenvalue weighted by Crippen LogP contribution is 2.33. The minimum Gasteiger partial charge on any atom is -0.335 e. The SMILES string of the molecule is CC(C)[C@@H]1CC[C@H](C)C[C@@H]1NC(=O)NCc1cccnc1. The molecule has 0 bridgehead atoms. The molecule has 2 N–H and O–H groups in total. The Bertz CT molecular complexity index is 447. The van der Waals surface area contributed by atoms with Crippen molar-refractivity contribution in [2.75, 3.05) is 0 Å². The molecular formula is C17H27N3O. The maximum atomic E-state index is 12.1. The molecule has 0 spiro atoms. The van der Waals surface area contributed by atoms with E-state index in [1.165, 1.54) is 12.8 Å². The van der Waals surface area contributed by atoms with E-state index in [1.54, 1.807) is 12.4 Å². The summed E-state index contributed by atoms with van der Waals surface area (Å²) in [5, 5.41) is 6.11. The van der Waals surface area contributed by atoms with Gasteiger partial charge in [-0.05, 0) is 42.2 Å². The van der Waals surface area contributed by atoms with Crippen molar-refractivity contribution in [3.05, 3.63) is 30.1 Å². The number of carbonyl (C=O) groups is 1. The van der Waals surface area contributed by atoms with Crippen LogP contribution in [0.15, 0.2) is 24.5 Å². The number of rotatable bonds is 4. The summed E-state index contributed by atoms with van der Waals surface area (Å²) in [6.07, 6.45) is 7.09.